The van der Waals surface area contributed by atoms with E-state index in [0.29, 0.717) is 11.8 Å². The Kier molecular flexibility index (Phi) is 7.70. The van der Waals surface area contributed by atoms with Gasteiger partial charge in [-0.15, -0.1) is 0 Å². The fourth-order valence-corrected chi connectivity index (χ4v) is 3.29. The van der Waals surface area contributed by atoms with Crippen molar-refractivity contribution in [2.75, 3.05) is 0 Å². The summed E-state index contributed by atoms with van der Waals surface area (Å²) in [5, 5.41) is 20.6. The predicted molar refractivity (Wildman–Crippen MR) is 110 cm³/mol. The molecule has 1 aromatic carbocycles. The first-order valence-electron chi connectivity index (χ1n) is 9.48. The lowest BCUT2D eigenvalue weighted by Crippen LogP contribution is -2.13. The highest BCUT2D eigenvalue weighted by Gasteiger charge is 2.30. The Morgan fingerprint density at radius 3 is 2.29 bits per heavy atom. The van der Waals surface area contributed by atoms with Gasteiger partial charge in [-0.1, -0.05) is 29.3 Å². The lowest BCUT2D eigenvalue weighted by Gasteiger charge is -2.13. The van der Waals surface area contributed by atoms with Gasteiger partial charge in [-0.25, -0.2) is 0 Å². The molecule has 154 valence electrons. The molecule has 0 saturated carbocycles. The summed E-state index contributed by atoms with van der Waals surface area (Å²) in [6.07, 6.45) is 6.42. The Bertz CT molecular complexity index is 787. The molecule has 0 amide bonds. The van der Waals surface area contributed by atoms with Gasteiger partial charge in [0, 0.05) is 5.56 Å². The normalized spacial score (nSPS) is 23.3. The highest BCUT2D eigenvalue weighted by molar-refractivity contribution is 6.33. The zero-order valence-corrected chi connectivity index (χ0v) is 17.8. The lowest BCUT2D eigenvalue weighted by molar-refractivity contribution is -0.0334. The summed E-state index contributed by atoms with van der Waals surface area (Å²) in [4.78, 5) is 11.2. The summed E-state index contributed by atoms with van der Waals surface area (Å²) >= 11 is 6.08. The third-order valence-corrected chi connectivity index (χ3v) is 5.72. The molecule has 0 aromatic heterocycles. The number of halogens is 1. The van der Waals surface area contributed by atoms with Crippen LogP contribution < -0.4 is 0 Å². The minimum absolute atomic E-state index is 0.0907. The molecule has 0 radical (unpaired) electrons. The van der Waals surface area contributed by atoms with Gasteiger partial charge < -0.3 is 19.7 Å². The van der Waals surface area contributed by atoms with Gasteiger partial charge in [-0.2, -0.15) is 0 Å². The molecule has 2 N–H and O–H groups in total. The van der Waals surface area contributed by atoms with E-state index < -0.39 is 0 Å². The molecule has 0 aliphatic carbocycles. The van der Waals surface area contributed by atoms with Crippen LogP contribution >= 0.6 is 11.6 Å². The highest BCUT2D eigenvalue weighted by Crippen LogP contribution is 2.40. The molecule has 2 atom stereocenters. The van der Waals surface area contributed by atoms with Gasteiger partial charge >= 0.3 is 0 Å². The van der Waals surface area contributed by atoms with Crippen LogP contribution in [-0.2, 0) is 15.9 Å². The Balaban J connectivity index is 2.01. The zero-order chi connectivity index (χ0) is 21.0. The fourth-order valence-electron chi connectivity index (χ4n) is 3.08. The maximum Gasteiger partial charge on any atom is 0.180 e. The smallest absolute Gasteiger partial charge is 0.180 e. The van der Waals surface area contributed by atoms with E-state index in [-0.39, 0.29) is 52.6 Å². The van der Waals surface area contributed by atoms with Crippen molar-refractivity contribution >= 4 is 17.9 Å². The van der Waals surface area contributed by atoms with E-state index in [1.165, 1.54) is 0 Å². The Hall–Kier alpha value is -1.82. The highest BCUT2D eigenvalue weighted by atomic mass is 35.5. The van der Waals surface area contributed by atoms with Gasteiger partial charge in [0.05, 0.1) is 22.8 Å². The molecular formula is C22H29ClO5. The van der Waals surface area contributed by atoms with Crippen molar-refractivity contribution in [2.24, 2.45) is 0 Å². The molecular weight excluding hydrogens is 380 g/mol. The van der Waals surface area contributed by atoms with Gasteiger partial charge in [0.1, 0.15) is 11.5 Å². The molecule has 0 spiro atoms. The number of hydrogen-bond acceptors (Lipinski definition) is 5. The van der Waals surface area contributed by atoms with Crippen LogP contribution in [0.4, 0.5) is 0 Å². The van der Waals surface area contributed by atoms with E-state index in [1.54, 1.807) is 6.92 Å². The molecule has 5 nitrogen and oxygen atoms in total. The van der Waals surface area contributed by atoms with E-state index in [4.69, 9.17) is 21.1 Å². The maximum atomic E-state index is 11.2. The lowest BCUT2D eigenvalue weighted by atomic mass is 9.99. The molecule has 2 rings (SSSR count). The predicted octanol–water partition coefficient (Wildman–Crippen LogP) is 5.24. The number of rotatable bonds is 7. The number of aromatic hydroxyl groups is 2. The SMILES string of the molecule is CC(=CCc1c(O)c(Cl)c(C)c(C=O)c1O)CCC=C(C)C1OC(C)C(C)O1. The Morgan fingerprint density at radius 1 is 1.11 bits per heavy atom. The number of benzene rings is 1. The van der Waals surface area contributed by atoms with Crippen molar-refractivity contribution in [3.05, 3.63) is 45.0 Å². The van der Waals surface area contributed by atoms with Crippen LogP contribution in [0, 0.1) is 6.92 Å². The quantitative estimate of drug-likeness (QED) is 0.476. The van der Waals surface area contributed by atoms with Crippen molar-refractivity contribution in [3.8, 4) is 11.5 Å². The van der Waals surface area contributed by atoms with Crippen LogP contribution in [0.5, 0.6) is 11.5 Å². The van der Waals surface area contributed by atoms with Crippen molar-refractivity contribution in [1.29, 1.82) is 0 Å². The third kappa shape index (κ3) is 4.96. The molecule has 2 unspecified atom stereocenters. The van der Waals surface area contributed by atoms with Gasteiger partial charge in [0.2, 0.25) is 0 Å². The van der Waals surface area contributed by atoms with E-state index in [1.807, 2.05) is 33.8 Å². The third-order valence-electron chi connectivity index (χ3n) is 5.25. The molecule has 0 bridgehead atoms. The van der Waals surface area contributed by atoms with E-state index in [2.05, 4.69) is 6.08 Å². The topological polar surface area (TPSA) is 76.0 Å². The number of allylic oxidation sites excluding steroid dienone is 3. The van der Waals surface area contributed by atoms with Crippen LogP contribution in [0.1, 0.15) is 62.0 Å². The van der Waals surface area contributed by atoms with E-state index in [9.17, 15) is 15.0 Å². The molecule has 1 fully saturated rings. The van der Waals surface area contributed by atoms with E-state index >= 15 is 0 Å². The molecule has 6 heteroatoms. The minimum atomic E-state index is -0.278. The number of hydrogen-bond donors (Lipinski definition) is 2. The van der Waals surface area contributed by atoms with Gasteiger partial charge in [0.25, 0.3) is 0 Å². The fraction of sp³-hybridized carbons (Fsp3) is 0.500. The average molecular weight is 409 g/mol. The molecule has 28 heavy (non-hydrogen) atoms. The summed E-state index contributed by atoms with van der Waals surface area (Å²) in [5.41, 5.74) is 2.90. The number of aldehydes is 1. The summed E-state index contributed by atoms with van der Waals surface area (Å²) in [7, 11) is 0. The Labute approximate surface area is 171 Å². The second-order valence-electron chi connectivity index (χ2n) is 7.40. The standard InChI is InChI=1S/C22H29ClO5/c1-12(7-6-8-13(2)22-27-15(4)16(5)28-22)9-10-17-20(25)18(11-24)14(3)19(23)21(17)26/h8-9,11,15-16,22,25-26H,6-7,10H2,1-5H3. The summed E-state index contributed by atoms with van der Waals surface area (Å²) < 4.78 is 11.5. The number of carbonyl (C=O) groups is 1. The van der Waals surface area contributed by atoms with Gasteiger partial charge in [-0.3, -0.25) is 4.79 Å². The second kappa shape index (κ2) is 9.59. The largest absolute Gasteiger partial charge is 0.507 e. The summed E-state index contributed by atoms with van der Waals surface area (Å²) in [5.74, 6) is -0.395. The van der Waals surface area contributed by atoms with Crippen LogP contribution in [0.15, 0.2) is 23.3 Å². The Morgan fingerprint density at radius 2 is 1.71 bits per heavy atom. The van der Waals surface area contributed by atoms with Crippen molar-refractivity contribution in [3.63, 3.8) is 0 Å². The number of carbonyl (C=O) groups excluding carboxylic acids is 1. The van der Waals surface area contributed by atoms with Crippen molar-refractivity contribution in [1.82, 2.24) is 0 Å². The number of phenolic OH excluding ortho intramolecular Hbond substituents is 2. The van der Waals surface area contributed by atoms with Gasteiger partial charge in [-0.05, 0) is 65.0 Å². The van der Waals surface area contributed by atoms with Crippen LogP contribution in [-0.4, -0.2) is 35.0 Å². The van der Waals surface area contributed by atoms with Crippen LogP contribution in [0.3, 0.4) is 0 Å². The van der Waals surface area contributed by atoms with Crippen molar-refractivity contribution < 1.29 is 24.5 Å². The van der Waals surface area contributed by atoms with E-state index in [0.717, 1.165) is 24.0 Å². The molecule has 1 heterocycles. The molecule has 1 aromatic rings. The average Bonchev–Trinajstić information content (AvgIpc) is 2.99. The minimum Gasteiger partial charge on any atom is -0.507 e. The van der Waals surface area contributed by atoms with Crippen LogP contribution in [0.25, 0.3) is 0 Å². The molecule has 1 saturated heterocycles. The number of phenols is 2. The van der Waals surface area contributed by atoms with Crippen molar-refractivity contribution in [2.45, 2.75) is 72.4 Å². The number of ether oxygens (including phenoxy) is 2. The summed E-state index contributed by atoms with van der Waals surface area (Å²) in [6.45, 7) is 9.58. The summed E-state index contributed by atoms with van der Waals surface area (Å²) in [6, 6.07) is 0. The first kappa shape index (κ1) is 22.5. The second-order valence-corrected chi connectivity index (χ2v) is 7.78. The molecule has 1 aliphatic heterocycles. The monoisotopic (exact) mass is 408 g/mol. The first-order valence-corrected chi connectivity index (χ1v) is 9.86. The molecule has 1 aliphatic rings. The first-order chi connectivity index (χ1) is 13.2. The van der Waals surface area contributed by atoms with Crippen LogP contribution in [0.2, 0.25) is 5.02 Å². The maximum absolute atomic E-state index is 11.2. The zero-order valence-electron chi connectivity index (χ0n) is 17.1. The van der Waals surface area contributed by atoms with Gasteiger partial charge in [0.15, 0.2) is 12.6 Å².